The zero-order valence-corrected chi connectivity index (χ0v) is 22.3. The quantitative estimate of drug-likeness (QED) is 0.263. The Morgan fingerprint density at radius 1 is 0.872 bits per heavy atom. The average molecular weight is 552 g/mol. The van der Waals surface area contributed by atoms with E-state index in [1.165, 1.54) is 9.80 Å². The molecule has 6 aliphatic heterocycles. The fourth-order valence-electron chi connectivity index (χ4n) is 5.74. The van der Waals surface area contributed by atoms with Crippen LogP contribution < -0.4 is 0 Å². The van der Waals surface area contributed by atoms with Crippen molar-refractivity contribution in [3.63, 3.8) is 0 Å². The molecule has 6 amide bonds. The number of hydrogen-bond donors (Lipinski definition) is 1. The van der Waals surface area contributed by atoms with E-state index in [1.807, 2.05) is 0 Å². The van der Waals surface area contributed by atoms with Crippen molar-refractivity contribution in [3.05, 3.63) is 0 Å². The number of hydrogen-bond acceptors (Lipinski definition) is 10. The van der Waals surface area contributed by atoms with Crippen molar-refractivity contribution in [2.75, 3.05) is 46.1 Å². The molecule has 6 aliphatic rings. The molecule has 5 atom stereocenters. The van der Waals surface area contributed by atoms with Gasteiger partial charge in [0.05, 0.1) is 57.8 Å². The molecular weight excluding hydrogens is 518 g/mol. The van der Waals surface area contributed by atoms with E-state index in [9.17, 15) is 29.1 Å². The van der Waals surface area contributed by atoms with Crippen LogP contribution in [0.2, 0.25) is 0 Å². The van der Waals surface area contributed by atoms with Crippen molar-refractivity contribution in [1.29, 1.82) is 0 Å². The van der Waals surface area contributed by atoms with Crippen LogP contribution in [0.15, 0.2) is 0 Å². The van der Waals surface area contributed by atoms with Gasteiger partial charge < -0.3 is 33.9 Å². The molecule has 0 aromatic carbocycles. The van der Waals surface area contributed by atoms with E-state index in [0.29, 0.717) is 19.8 Å². The highest BCUT2D eigenvalue weighted by atomic mass is 16.6. The highest BCUT2D eigenvalue weighted by Crippen LogP contribution is 2.44. The van der Waals surface area contributed by atoms with Crippen LogP contribution in [-0.4, -0.2) is 147 Å². The average Bonchev–Trinajstić information content (AvgIpc) is 3.74. The van der Waals surface area contributed by atoms with Gasteiger partial charge in [-0.3, -0.25) is 14.5 Å². The first-order valence-electron chi connectivity index (χ1n) is 13.1. The second-order valence-electron chi connectivity index (χ2n) is 11.8. The summed E-state index contributed by atoms with van der Waals surface area (Å²) in [6.45, 7) is 7.67. The molecule has 0 bridgehead atoms. The standard InChI is InChI=1S/C24H33N5O10/c1-22(2)17(30)28(20(34)25(22)7-13-9-36-13)16-5-6-27(24(16,19(32)33)39-12-15-11-38-15)29-18(31)23(3,4)26(21(29)35)8-14-10-37-14/h13-16H,5-12H2,1-4H3,(H,32,33)/t13?,14?,15?,16?,24-/m1/s1. The van der Waals surface area contributed by atoms with Crippen LogP contribution in [0.1, 0.15) is 34.1 Å². The number of urea groups is 2. The number of amides is 6. The second kappa shape index (κ2) is 8.57. The van der Waals surface area contributed by atoms with E-state index in [-0.39, 0.29) is 51.0 Å². The van der Waals surface area contributed by atoms with Gasteiger partial charge in [-0.1, -0.05) is 0 Å². The number of carboxylic acids is 1. The van der Waals surface area contributed by atoms with Gasteiger partial charge in [-0.05, 0) is 34.1 Å². The van der Waals surface area contributed by atoms with Gasteiger partial charge in [0.2, 0.25) is 0 Å². The molecule has 15 nitrogen and oxygen atoms in total. The van der Waals surface area contributed by atoms with Crippen LogP contribution in [0.25, 0.3) is 0 Å². The first-order chi connectivity index (χ1) is 18.3. The van der Waals surface area contributed by atoms with Crippen LogP contribution in [-0.2, 0) is 33.3 Å². The molecule has 1 N–H and O–H groups in total. The van der Waals surface area contributed by atoms with Crippen molar-refractivity contribution < 1.29 is 48.0 Å². The minimum atomic E-state index is -2.41. The molecular formula is C24H33N5O10. The van der Waals surface area contributed by atoms with Gasteiger partial charge in [0.25, 0.3) is 17.5 Å². The van der Waals surface area contributed by atoms with E-state index in [2.05, 4.69) is 0 Å². The Morgan fingerprint density at radius 3 is 1.90 bits per heavy atom. The maximum absolute atomic E-state index is 13.7. The third-order valence-electron chi connectivity index (χ3n) is 8.43. The SMILES string of the molecule is CC1(C)C(=O)N(C2CCN(N3C(=O)N(CC4CO4)C(C)(C)C3=O)[C@]2(OCC2CO2)C(=O)O)C(=O)N1CC1CO1. The van der Waals surface area contributed by atoms with E-state index < -0.39 is 52.7 Å². The highest BCUT2D eigenvalue weighted by Gasteiger charge is 2.70. The van der Waals surface area contributed by atoms with E-state index in [1.54, 1.807) is 27.7 Å². The molecule has 214 valence electrons. The first-order valence-corrected chi connectivity index (χ1v) is 13.1. The van der Waals surface area contributed by atoms with Gasteiger partial charge in [-0.2, -0.15) is 10.0 Å². The third kappa shape index (κ3) is 3.93. The number of nitrogens with zero attached hydrogens (tertiary/aromatic N) is 5. The zero-order valence-electron chi connectivity index (χ0n) is 22.3. The Labute approximate surface area is 224 Å². The van der Waals surface area contributed by atoms with Gasteiger partial charge in [0.15, 0.2) is 0 Å². The number of carboxylic acid groups (broad SMARTS) is 1. The number of ether oxygens (including phenoxy) is 4. The van der Waals surface area contributed by atoms with Crippen molar-refractivity contribution in [1.82, 2.24) is 24.7 Å². The molecule has 4 unspecified atom stereocenters. The van der Waals surface area contributed by atoms with Gasteiger partial charge in [0.1, 0.15) is 17.2 Å². The third-order valence-corrected chi connectivity index (χ3v) is 8.43. The Kier molecular flexibility index (Phi) is 5.80. The molecule has 6 rings (SSSR count). The minimum Gasteiger partial charge on any atom is -0.478 e. The molecule has 0 aromatic heterocycles. The topological polar surface area (TPSA) is 169 Å². The summed E-state index contributed by atoms with van der Waals surface area (Å²) < 4.78 is 21.8. The fraction of sp³-hybridized carbons (Fsp3) is 0.792. The number of carbonyl (C=O) groups is 5. The number of imide groups is 2. The summed E-state index contributed by atoms with van der Waals surface area (Å²) in [6, 6.07) is -2.72. The summed E-state index contributed by atoms with van der Waals surface area (Å²) in [5.74, 6) is -2.77. The normalized spacial score (nSPS) is 36.9. The van der Waals surface area contributed by atoms with Gasteiger partial charge in [0, 0.05) is 6.54 Å². The minimum absolute atomic E-state index is 0.0393. The molecule has 0 spiro atoms. The van der Waals surface area contributed by atoms with Crippen LogP contribution in [0.3, 0.4) is 0 Å². The van der Waals surface area contributed by atoms with Crippen molar-refractivity contribution in [2.24, 2.45) is 0 Å². The number of epoxide rings is 3. The molecule has 6 saturated heterocycles. The monoisotopic (exact) mass is 551 g/mol. The molecule has 0 radical (unpaired) electrons. The second-order valence-corrected chi connectivity index (χ2v) is 11.8. The highest BCUT2D eigenvalue weighted by molar-refractivity contribution is 6.08. The lowest BCUT2D eigenvalue weighted by Gasteiger charge is -2.42. The molecule has 15 heteroatoms. The van der Waals surface area contributed by atoms with Gasteiger partial charge in [-0.25, -0.2) is 14.4 Å². The molecule has 6 heterocycles. The Balaban J connectivity index is 1.38. The maximum atomic E-state index is 13.7. The van der Waals surface area contributed by atoms with Gasteiger partial charge >= 0.3 is 18.0 Å². The summed E-state index contributed by atoms with van der Waals surface area (Å²) in [4.78, 5) is 71.6. The number of hydrazine groups is 1. The van der Waals surface area contributed by atoms with Crippen LogP contribution in [0.5, 0.6) is 0 Å². The van der Waals surface area contributed by atoms with Crippen LogP contribution in [0.4, 0.5) is 9.59 Å². The summed E-state index contributed by atoms with van der Waals surface area (Å²) in [5, 5.41) is 12.6. The van der Waals surface area contributed by atoms with Crippen molar-refractivity contribution in [3.8, 4) is 0 Å². The van der Waals surface area contributed by atoms with E-state index in [0.717, 1.165) is 14.9 Å². The zero-order chi connectivity index (χ0) is 28.1. The Hall–Kier alpha value is -2.85. The van der Waals surface area contributed by atoms with Crippen LogP contribution in [0, 0.1) is 0 Å². The summed E-state index contributed by atoms with van der Waals surface area (Å²) in [7, 11) is 0. The number of rotatable bonds is 10. The van der Waals surface area contributed by atoms with Crippen molar-refractivity contribution >= 4 is 29.8 Å². The molecule has 0 saturated carbocycles. The summed E-state index contributed by atoms with van der Waals surface area (Å²) in [6.07, 6.45) is -0.818. The van der Waals surface area contributed by atoms with Crippen molar-refractivity contribution in [2.45, 2.75) is 75.3 Å². The fourth-order valence-corrected chi connectivity index (χ4v) is 5.74. The van der Waals surface area contributed by atoms with Crippen LogP contribution >= 0.6 is 0 Å². The largest absolute Gasteiger partial charge is 0.478 e. The summed E-state index contributed by atoms with van der Waals surface area (Å²) in [5.41, 5.74) is -4.96. The van der Waals surface area contributed by atoms with E-state index >= 15 is 0 Å². The predicted molar refractivity (Wildman–Crippen MR) is 127 cm³/mol. The Morgan fingerprint density at radius 2 is 1.38 bits per heavy atom. The smallest absolute Gasteiger partial charge is 0.355 e. The Bertz CT molecular complexity index is 1060. The molecule has 0 aliphatic carbocycles. The first kappa shape index (κ1) is 26.4. The number of carbonyl (C=O) groups excluding carboxylic acids is 4. The number of aliphatic carboxylic acids is 1. The predicted octanol–water partition coefficient (Wildman–Crippen LogP) is -0.945. The lowest BCUT2D eigenvalue weighted by Crippen LogP contribution is -2.69. The van der Waals surface area contributed by atoms with E-state index in [4.69, 9.17) is 18.9 Å². The van der Waals surface area contributed by atoms with Gasteiger partial charge in [-0.15, -0.1) is 0 Å². The molecule has 6 fully saturated rings. The molecule has 39 heavy (non-hydrogen) atoms. The lowest BCUT2D eigenvalue weighted by molar-refractivity contribution is -0.229. The summed E-state index contributed by atoms with van der Waals surface area (Å²) >= 11 is 0. The maximum Gasteiger partial charge on any atom is 0.355 e. The molecule has 0 aromatic rings. The lowest BCUT2D eigenvalue weighted by atomic mass is 9.99.